The summed E-state index contributed by atoms with van der Waals surface area (Å²) in [7, 11) is 0. The predicted molar refractivity (Wildman–Crippen MR) is 87.6 cm³/mol. The molecule has 0 bridgehead atoms. The van der Waals surface area contributed by atoms with Gasteiger partial charge in [-0.15, -0.1) is 0 Å². The van der Waals surface area contributed by atoms with Crippen molar-refractivity contribution in [3.05, 3.63) is 35.6 Å². The van der Waals surface area contributed by atoms with Gasteiger partial charge in [-0.2, -0.15) is 0 Å². The molecule has 2 N–H and O–H groups in total. The molecule has 0 spiro atoms. The molecule has 0 aromatic heterocycles. The summed E-state index contributed by atoms with van der Waals surface area (Å²) >= 11 is 0. The lowest BCUT2D eigenvalue weighted by Crippen LogP contribution is -2.46. The first-order valence-electron chi connectivity index (χ1n) is 8.22. The highest BCUT2D eigenvalue weighted by Gasteiger charge is 2.20. The van der Waals surface area contributed by atoms with Crippen molar-refractivity contribution in [1.82, 2.24) is 15.1 Å². The molecule has 1 fully saturated rings. The Bertz CT molecular complexity index is 489. The van der Waals surface area contributed by atoms with E-state index < -0.39 is 0 Å². The van der Waals surface area contributed by atoms with Crippen LogP contribution in [0.2, 0.25) is 0 Å². The van der Waals surface area contributed by atoms with Crippen molar-refractivity contribution in [2.75, 3.05) is 32.8 Å². The number of rotatable bonds is 7. The molecule has 1 aromatic rings. The molecule has 1 heterocycles. The number of aliphatic hydroxyl groups excluding tert-OH is 1. The minimum Gasteiger partial charge on any atom is -0.395 e. The van der Waals surface area contributed by atoms with Gasteiger partial charge in [0.1, 0.15) is 5.82 Å². The molecule has 1 atom stereocenters. The smallest absolute Gasteiger partial charge is 0.317 e. The standard InChI is InChI=1S/C17H26FN3O2/c1-14(20-8-2-3-9-20)12-19-17(23)21(10-11-22)13-15-4-6-16(18)7-5-15/h4-7,14,22H,2-3,8-13H2,1H3,(H,19,23)/t14-/m0/s1. The van der Waals surface area contributed by atoms with E-state index in [9.17, 15) is 9.18 Å². The lowest BCUT2D eigenvalue weighted by molar-refractivity contribution is 0.169. The molecule has 1 saturated heterocycles. The lowest BCUT2D eigenvalue weighted by atomic mass is 10.2. The molecule has 0 radical (unpaired) electrons. The minimum absolute atomic E-state index is 0.101. The topological polar surface area (TPSA) is 55.8 Å². The third-order valence-corrected chi connectivity index (χ3v) is 4.26. The monoisotopic (exact) mass is 323 g/mol. The number of carbonyl (C=O) groups is 1. The molecule has 0 aliphatic carbocycles. The fourth-order valence-electron chi connectivity index (χ4n) is 2.84. The molecule has 0 saturated carbocycles. The average Bonchev–Trinajstić information content (AvgIpc) is 3.08. The van der Waals surface area contributed by atoms with Crippen LogP contribution in [0.1, 0.15) is 25.3 Å². The maximum absolute atomic E-state index is 13.0. The van der Waals surface area contributed by atoms with Crippen LogP contribution >= 0.6 is 0 Å². The highest BCUT2D eigenvalue weighted by molar-refractivity contribution is 5.74. The van der Waals surface area contributed by atoms with Gasteiger partial charge in [-0.05, 0) is 50.6 Å². The lowest BCUT2D eigenvalue weighted by Gasteiger charge is -2.27. The Balaban J connectivity index is 1.85. The maximum Gasteiger partial charge on any atom is 0.317 e. The van der Waals surface area contributed by atoms with Gasteiger partial charge >= 0.3 is 6.03 Å². The van der Waals surface area contributed by atoms with E-state index in [1.165, 1.54) is 25.0 Å². The SMILES string of the molecule is C[C@@H](CNC(=O)N(CCO)Cc1ccc(F)cc1)N1CCCC1. The summed E-state index contributed by atoms with van der Waals surface area (Å²) in [4.78, 5) is 16.3. The first-order chi connectivity index (χ1) is 11.1. The molecule has 128 valence electrons. The number of hydrogen-bond acceptors (Lipinski definition) is 3. The van der Waals surface area contributed by atoms with E-state index in [1.807, 2.05) is 0 Å². The van der Waals surface area contributed by atoms with Crippen LogP contribution in [0.15, 0.2) is 24.3 Å². The summed E-state index contributed by atoms with van der Waals surface area (Å²) in [5.41, 5.74) is 0.836. The van der Waals surface area contributed by atoms with Gasteiger partial charge in [0.15, 0.2) is 0 Å². The summed E-state index contributed by atoms with van der Waals surface area (Å²) in [6, 6.07) is 6.16. The molecule has 2 amide bonds. The van der Waals surface area contributed by atoms with Gasteiger partial charge in [0.2, 0.25) is 0 Å². The van der Waals surface area contributed by atoms with Gasteiger partial charge < -0.3 is 15.3 Å². The highest BCUT2D eigenvalue weighted by Crippen LogP contribution is 2.11. The molecule has 0 unspecified atom stereocenters. The van der Waals surface area contributed by atoms with Gasteiger partial charge in [-0.3, -0.25) is 4.90 Å². The van der Waals surface area contributed by atoms with Gasteiger partial charge in [-0.25, -0.2) is 9.18 Å². The molecule has 5 nitrogen and oxygen atoms in total. The molecule has 6 heteroatoms. The van der Waals surface area contributed by atoms with Gasteiger partial charge in [0.05, 0.1) is 6.61 Å². The summed E-state index contributed by atoms with van der Waals surface area (Å²) in [6.07, 6.45) is 2.44. The number of halogens is 1. The van der Waals surface area contributed by atoms with Gasteiger partial charge in [0, 0.05) is 25.7 Å². The van der Waals surface area contributed by atoms with Crippen LogP contribution in [-0.4, -0.2) is 59.8 Å². The molecule has 1 aliphatic rings. The molecule has 1 aliphatic heterocycles. The largest absolute Gasteiger partial charge is 0.395 e. The Kier molecular flexibility index (Phi) is 6.80. The van der Waals surface area contributed by atoms with E-state index in [-0.39, 0.29) is 25.0 Å². The Morgan fingerprint density at radius 3 is 2.61 bits per heavy atom. The zero-order valence-corrected chi connectivity index (χ0v) is 13.7. The first-order valence-corrected chi connectivity index (χ1v) is 8.22. The molecular weight excluding hydrogens is 297 g/mol. The van der Waals surface area contributed by atoms with E-state index in [1.54, 1.807) is 17.0 Å². The normalized spacial score (nSPS) is 16.3. The van der Waals surface area contributed by atoms with Crippen LogP contribution < -0.4 is 5.32 Å². The highest BCUT2D eigenvalue weighted by atomic mass is 19.1. The number of benzene rings is 1. The van der Waals surface area contributed by atoms with E-state index in [0.29, 0.717) is 19.1 Å². The van der Waals surface area contributed by atoms with Gasteiger partial charge in [0.25, 0.3) is 0 Å². The Hall–Kier alpha value is -1.66. The Morgan fingerprint density at radius 2 is 2.00 bits per heavy atom. The zero-order valence-electron chi connectivity index (χ0n) is 13.7. The van der Waals surface area contributed by atoms with Crippen LogP contribution in [0.3, 0.4) is 0 Å². The molecule has 23 heavy (non-hydrogen) atoms. The van der Waals surface area contributed by atoms with Crippen molar-refractivity contribution in [2.24, 2.45) is 0 Å². The van der Waals surface area contributed by atoms with Crippen molar-refractivity contribution in [3.63, 3.8) is 0 Å². The number of nitrogens with one attached hydrogen (secondary N) is 1. The zero-order chi connectivity index (χ0) is 16.7. The third kappa shape index (κ3) is 5.48. The second-order valence-electron chi connectivity index (χ2n) is 6.05. The summed E-state index contributed by atoms with van der Waals surface area (Å²) in [5.74, 6) is -0.300. The van der Waals surface area contributed by atoms with Crippen molar-refractivity contribution >= 4 is 6.03 Å². The summed E-state index contributed by atoms with van der Waals surface area (Å²) in [5, 5.41) is 12.1. The van der Waals surface area contributed by atoms with E-state index in [4.69, 9.17) is 5.11 Å². The fourth-order valence-corrected chi connectivity index (χ4v) is 2.84. The number of hydrogen-bond donors (Lipinski definition) is 2. The van der Waals surface area contributed by atoms with Crippen molar-refractivity contribution in [2.45, 2.75) is 32.4 Å². The second-order valence-corrected chi connectivity index (χ2v) is 6.05. The van der Waals surface area contributed by atoms with Crippen molar-refractivity contribution in [3.8, 4) is 0 Å². The van der Waals surface area contributed by atoms with Gasteiger partial charge in [-0.1, -0.05) is 12.1 Å². The van der Waals surface area contributed by atoms with Crippen LogP contribution in [0.4, 0.5) is 9.18 Å². The second kappa shape index (κ2) is 8.84. The first kappa shape index (κ1) is 17.7. The number of amides is 2. The number of aliphatic hydroxyl groups is 1. The van der Waals surface area contributed by atoms with Crippen LogP contribution in [0.5, 0.6) is 0 Å². The van der Waals surface area contributed by atoms with Crippen molar-refractivity contribution in [1.29, 1.82) is 0 Å². The number of urea groups is 1. The quantitative estimate of drug-likeness (QED) is 0.805. The van der Waals surface area contributed by atoms with Crippen LogP contribution in [0.25, 0.3) is 0 Å². The predicted octanol–water partition coefficient (Wildman–Crippen LogP) is 1.81. The number of likely N-dealkylation sites (tertiary alicyclic amines) is 1. The van der Waals surface area contributed by atoms with E-state index in [0.717, 1.165) is 18.7 Å². The van der Waals surface area contributed by atoms with Crippen LogP contribution in [-0.2, 0) is 6.54 Å². The number of nitrogens with zero attached hydrogens (tertiary/aromatic N) is 2. The van der Waals surface area contributed by atoms with E-state index >= 15 is 0 Å². The minimum atomic E-state index is -0.300. The van der Waals surface area contributed by atoms with Crippen molar-refractivity contribution < 1.29 is 14.3 Å². The number of carbonyl (C=O) groups excluding carboxylic acids is 1. The Labute approximate surface area is 137 Å². The maximum atomic E-state index is 13.0. The van der Waals surface area contributed by atoms with Crippen LogP contribution in [0, 0.1) is 5.82 Å². The molecule has 1 aromatic carbocycles. The third-order valence-electron chi connectivity index (χ3n) is 4.26. The fraction of sp³-hybridized carbons (Fsp3) is 0.588. The average molecular weight is 323 g/mol. The summed E-state index contributed by atoms with van der Waals surface area (Å²) in [6.45, 7) is 5.38. The van der Waals surface area contributed by atoms with E-state index in [2.05, 4.69) is 17.1 Å². The molecular formula is C17H26FN3O2. The Morgan fingerprint density at radius 1 is 1.35 bits per heavy atom. The molecule has 2 rings (SSSR count). The summed E-state index contributed by atoms with van der Waals surface area (Å²) < 4.78 is 13.0.